The summed E-state index contributed by atoms with van der Waals surface area (Å²) in [5.41, 5.74) is 2.92. The maximum atomic E-state index is 11.3. The number of hydrogen-bond donors (Lipinski definition) is 0. The van der Waals surface area contributed by atoms with E-state index in [0.717, 1.165) is 16.8 Å². The van der Waals surface area contributed by atoms with Crippen LogP contribution in [0, 0.1) is 13.8 Å². The lowest BCUT2D eigenvalue weighted by molar-refractivity contribution is 0.265. The van der Waals surface area contributed by atoms with Crippen LogP contribution in [0.1, 0.15) is 18.1 Å². The van der Waals surface area contributed by atoms with E-state index in [9.17, 15) is 4.79 Å². The van der Waals surface area contributed by atoms with Gasteiger partial charge in [-0.1, -0.05) is 24.3 Å². The number of carbonyl (C=O) groups excluding carboxylic acids is 1. The molecular formula is C12H14ClNO. The number of amides is 1. The number of benzene rings is 1. The van der Waals surface area contributed by atoms with Gasteiger partial charge in [-0.05, 0) is 43.5 Å². The predicted octanol–water partition coefficient (Wildman–Crippen LogP) is 4.00. The molecule has 0 unspecified atom stereocenters. The minimum atomic E-state index is -0.495. The molecule has 1 amide bonds. The predicted molar refractivity (Wildman–Crippen MR) is 64.5 cm³/mol. The fourth-order valence-electron chi connectivity index (χ4n) is 1.56. The Morgan fingerprint density at radius 1 is 1.33 bits per heavy atom. The van der Waals surface area contributed by atoms with Gasteiger partial charge >= 0.3 is 5.37 Å². The summed E-state index contributed by atoms with van der Waals surface area (Å²) in [6.45, 7) is 5.76. The molecule has 80 valence electrons. The number of allylic oxidation sites excluding steroid dienone is 1. The summed E-state index contributed by atoms with van der Waals surface area (Å²) in [4.78, 5) is 12.7. The standard InChI is InChI=1S/C12H14ClNO/c1-4-8-14(12(13)15)11-9(2)6-5-7-10(11)3/h4-8H,1-3H3. The third-order valence-corrected chi connectivity index (χ3v) is 2.35. The highest BCUT2D eigenvalue weighted by molar-refractivity contribution is 6.66. The Kier molecular flexibility index (Phi) is 3.92. The summed E-state index contributed by atoms with van der Waals surface area (Å²) in [5.74, 6) is 0. The highest BCUT2D eigenvalue weighted by Crippen LogP contribution is 2.25. The van der Waals surface area contributed by atoms with Crippen LogP contribution in [0.2, 0.25) is 0 Å². The first kappa shape index (κ1) is 11.8. The van der Waals surface area contributed by atoms with E-state index in [1.165, 1.54) is 4.90 Å². The van der Waals surface area contributed by atoms with Crippen LogP contribution in [0.4, 0.5) is 10.5 Å². The molecule has 1 aromatic carbocycles. The molecule has 1 aromatic rings. The summed E-state index contributed by atoms with van der Waals surface area (Å²) in [7, 11) is 0. The lowest BCUT2D eigenvalue weighted by Gasteiger charge is -2.19. The molecule has 0 aliphatic rings. The SMILES string of the molecule is CC=CN(C(=O)Cl)c1c(C)cccc1C. The molecule has 0 atom stereocenters. The fourth-order valence-corrected chi connectivity index (χ4v) is 1.70. The van der Waals surface area contributed by atoms with Crippen LogP contribution in [0.3, 0.4) is 0 Å². The van der Waals surface area contributed by atoms with Crippen LogP contribution in [-0.4, -0.2) is 5.37 Å². The number of para-hydroxylation sites is 1. The first-order valence-electron chi connectivity index (χ1n) is 4.75. The van der Waals surface area contributed by atoms with Crippen LogP contribution in [-0.2, 0) is 0 Å². The lowest BCUT2D eigenvalue weighted by Crippen LogP contribution is -2.20. The zero-order valence-electron chi connectivity index (χ0n) is 9.12. The van der Waals surface area contributed by atoms with E-state index in [0.29, 0.717) is 0 Å². The Morgan fingerprint density at radius 2 is 1.87 bits per heavy atom. The Balaban J connectivity index is 3.28. The number of nitrogens with zero attached hydrogens (tertiary/aromatic N) is 1. The van der Waals surface area contributed by atoms with Crippen molar-refractivity contribution >= 4 is 22.7 Å². The minimum Gasteiger partial charge on any atom is -0.274 e. The van der Waals surface area contributed by atoms with Gasteiger partial charge in [0.15, 0.2) is 0 Å². The Morgan fingerprint density at radius 3 is 2.27 bits per heavy atom. The van der Waals surface area contributed by atoms with E-state index in [2.05, 4.69) is 0 Å². The van der Waals surface area contributed by atoms with Crippen molar-refractivity contribution in [1.82, 2.24) is 0 Å². The molecule has 15 heavy (non-hydrogen) atoms. The van der Waals surface area contributed by atoms with Crippen molar-refractivity contribution in [2.75, 3.05) is 4.90 Å². The molecule has 0 fully saturated rings. The van der Waals surface area contributed by atoms with Gasteiger partial charge in [0, 0.05) is 6.20 Å². The van der Waals surface area contributed by atoms with Crippen LogP contribution >= 0.6 is 11.6 Å². The molecule has 0 aliphatic carbocycles. The number of anilines is 1. The fraction of sp³-hybridized carbons (Fsp3) is 0.250. The first-order valence-corrected chi connectivity index (χ1v) is 5.13. The number of hydrogen-bond acceptors (Lipinski definition) is 1. The molecular weight excluding hydrogens is 210 g/mol. The first-order chi connectivity index (χ1) is 7.07. The summed E-state index contributed by atoms with van der Waals surface area (Å²) >= 11 is 5.54. The van der Waals surface area contributed by atoms with Crippen molar-refractivity contribution in [3.8, 4) is 0 Å². The zero-order chi connectivity index (χ0) is 11.4. The second-order valence-corrected chi connectivity index (χ2v) is 3.67. The largest absolute Gasteiger partial charge is 0.324 e. The Bertz CT molecular complexity index is 378. The van der Waals surface area contributed by atoms with Crippen LogP contribution in [0.5, 0.6) is 0 Å². The normalized spacial score (nSPS) is 10.7. The van der Waals surface area contributed by atoms with Gasteiger partial charge in [-0.25, -0.2) is 0 Å². The highest BCUT2D eigenvalue weighted by Gasteiger charge is 2.14. The molecule has 0 heterocycles. The zero-order valence-corrected chi connectivity index (χ0v) is 9.88. The van der Waals surface area contributed by atoms with Crippen molar-refractivity contribution in [3.05, 3.63) is 41.6 Å². The van der Waals surface area contributed by atoms with Crippen molar-refractivity contribution in [2.24, 2.45) is 0 Å². The summed E-state index contributed by atoms with van der Waals surface area (Å²) < 4.78 is 0. The molecule has 0 saturated heterocycles. The summed E-state index contributed by atoms with van der Waals surface area (Å²) in [5, 5.41) is -0.495. The topological polar surface area (TPSA) is 20.3 Å². The molecule has 0 saturated carbocycles. The van der Waals surface area contributed by atoms with Crippen LogP contribution in [0.25, 0.3) is 0 Å². The van der Waals surface area contributed by atoms with E-state index in [1.807, 2.05) is 39.0 Å². The van der Waals surface area contributed by atoms with E-state index in [1.54, 1.807) is 12.3 Å². The van der Waals surface area contributed by atoms with E-state index in [-0.39, 0.29) is 0 Å². The molecule has 0 aliphatic heterocycles. The number of rotatable bonds is 2. The Labute approximate surface area is 95.2 Å². The van der Waals surface area contributed by atoms with Gasteiger partial charge in [0.05, 0.1) is 5.69 Å². The maximum absolute atomic E-state index is 11.3. The maximum Gasteiger partial charge on any atom is 0.324 e. The quantitative estimate of drug-likeness (QED) is 0.548. The monoisotopic (exact) mass is 223 g/mol. The van der Waals surface area contributed by atoms with Crippen LogP contribution < -0.4 is 4.90 Å². The number of aryl methyl sites for hydroxylation is 2. The van der Waals surface area contributed by atoms with Crippen molar-refractivity contribution in [2.45, 2.75) is 20.8 Å². The van der Waals surface area contributed by atoms with Crippen molar-refractivity contribution < 1.29 is 4.79 Å². The third kappa shape index (κ3) is 2.60. The van der Waals surface area contributed by atoms with E-state index < -0.39 is 5.37 Å². The highest BCUT2D eigenvalue weighted by atomic mass is 35.5. The molecule has 0 N–H and O–H groups in total. The van der Waals surface area contributed by atoms with Crippen LogP contribution in [0.15, 0.2) is 30.5 Å². The van der Waals surface area contributed by atoms with Gasteiger partial charge < -0.3 is 0 Å². The smallest absolute Gasteiger partial charge is 0.274 e. The summed E-state index contributed by atoms with van der Waals surface area (Å²) in [6, 6.07) is 5.87. The van der Waals surface area contributed by atoms with Gasteiger partial charge in [-0.3, -0.25) is 9.69 Å². The van der Waals surface area contributed by atoms with E-state index in [4.69, 9.17) is 11.6 Å². The number of carbonyl (C=O) groups is 1. The minimum absolute atomic E-state index is 0.495. The Hall–Kier alpha value is -1.28. The van der Waals surface area contributed by atoms with Gasteiger partial charge in [-0.2, -0.15) is 0 Å². The second-order valence-electron chi connectivity index (χ2n) is 3.35. The average molecular weight is 224 g/mol. The number of halogens is 1. The van der Waals surface area contributed by atoms with Gasteiger partial charge in [-0.15, -0.1) is 0 Å². The van der Waals surface area contributed by atoms with Gasteiger partial charge in [0.2, 0.25) is 0 Å². The average Bonchev–Trinajstić information content (AvgIpc) is 2.15. The van der Waals surface area contributed by atoms with Gasteiger partial charge in [0.1, 0.15) is 0 Å². The molecule has 1 rings (SSSR count). The molecule has 0 spiro atoms. The molecule has 0 bridgehead atoms. The molecule has 0 aromatic heterocycles. The van der Waals surface area contributed by atoms with Crippen molar-refractivity contribution in [1.29, 1.82) is 0 Å². The van der Waals surface area contributed by atoms with E-state index >= 15 is 0 Å². The third-order valence-electron chi connectivity index (χ3n) is 2.17. The molecule has 0 radical (unpaired) electrons. The second kappa shape index (κ2) is 4.99. The lowest BCUT2D eigenvalue weighted by atomic mass is 10.1. The molecule has 3 heteroatoms. The molecule has 2 nitrogen and oxygen atoms in total. The van der Waals surface area contributed by atoms with Gasteiger partial charge in [0.25, 0.3) is 0 Å². The van der Waals surface area contributed by atoms with Crippen molar-refractivity contribution in [3.63, 3.8) is 0 Å². The summed E-state index contributed by atoms with van der Waals surface area (Å²) in [6.07, 6.45) is 3.46.